The molecule has 3 heteroatoms. The van der Waals surface area contributed by atoms with E-state index in [1.165, 1.54) is 5.56 Å². The van der Waals surface area contributed by atoms with Gasteiger partial charge >= 0.3 is 0 Å². The van der Waals surface area contributed by atoms with Crippen LogP contribution in [0.15, 0.2) is 24.3 Å². The van der Waals surface area contributed by atoms with Crippen LogP contribution in [0.5, 0.6) is 0 Å². The number of nitrogens with zero attached hydrogens (tertiary/aromatic N) is 1. The van der Waals surface area contributed by atoms with Crippen LogP contribution in [0.2, 0.25) is 0 Å². The molecule has 1 amide bonds. The third kappa shape index (κ3) is 3.59. The van der Waals surface area contributed by atoms with E-state index in [1.54, 1.807) is 0 Å². The van der Waals surface area contributed by atoms with Gasteiger partial charge in [0.05, 0.1) is 6.07 Å². The fourth-order valence-electron chi connectivity index (χ4n) is 1.71. The Bertz CT molecular complexity index is 458. The summed E-state index contributed by atoms with van der Waals surface area (Å²) in [5, 5.41) is 11.8. The quantitative estimate of drug-likeness (QED) is 0.880. The number of anilines is 1. The molecule has 1 unspecified atom stereocenters. The lowest BCUT2D eigenvalue weighted by Gasteiger charge is -2.14. The minimum absolute atomic E-state index is 0.0169. The maximum atomic E-state index is 11.9. The van der Waals surface area contributed by atoms with Gasteiger partial charge in [-0.05, 0) is 29.5 Å². The summed E-state index contributed by atoms with van der Waals surface area (Å²) in [7, 11) is 0. The highest BCUT2D eigenvalue weighted by molar-refractivity contribution is 5.94. The van der Waals surface area contributed by atoms with Gasteiger partial charge in [-0.1, -0.05) is 39.8 Å². The van der Waals surface area contributed by atoms with Gasteiger partial charge in [-0.3, -0.25) is 4.79 Å². The van der Waals surface area contributed by atoms with Crippen LogP contribution in [0.1, 0.15) is 39.2 Å². The number of amides is 1. The monoisotopic (exact) mass is 244 g/mol. The Kier molecular flexibility index (Phi) is 4.91. The first-order valence-corrected chi connectivity index (χ1v) is 6.26. The minimum atomic E-state index is -0.604. The predicted molar refractivity (Wildman–Crippen MR) is 73.1 cm³/mol. The maximum absolute atomic E-state index is 11.9. The topological polar surface area (TPSA) is 52.9 Å². The summed E-state index contributed by atoms with van der Waals surface area (Å²) in [6.07, 6.45) is 0. The summed E-state index contributed by atoms with van der Waals surface area (Å²) >= 11 is 0. The molecule has 0 spiro atoms. The molecule has 3 nitrogen and oxygen atoms in total. The second-order valence-electron chi connectivity index (χ2n) is 5.12. The number of nitrogens with one attached hydrogen (secondary N) is 1. The fraction of sp³-hybridized carbons (Fsp3) is 0.467. The van der Waals surface area contributed by atoms with E-state index in [9.17, 15) is 4.79 Å². The number of benzene rings is 1. The Morgan fingerprint density at radius 1 is 1.28 bits per heavy atom. The Morgan fingerprint density at radius 3 is 2.44 bits per heavy atom. The van der Waals surface area contributed by atoms with Crippen molar-refractivity contribution in [3.05, 3.63) is 29.8 Å². The zero-order valence-electron chi connectivity index (χ0n) is 11.4. The van der Waals surface area contributed by atoms with Gasteiger partial charge in [0.1, 0.15) is 5.92 Å². The van der Waals surface area contributed by atoms with Crippen molar-refractivity contribution in [3.8, 4) is 6.07 Å². The second kappa shape index (κ2) is 6.20. The van der Waals surface area contributed by atoms with Gasteiger partial charge < -0.3 is 5.32 Å². The molecule has 1 aromatic carbocycles. The van der Waals surface area contributed by atoms with Gasteiger partial charge in [0.2, 0.25) is 5.91 Å². The molecule has 18 heavy (non-hydrogen) atoms. The van der Waals surface area contributed by atoms with E-state index in [-0.39, 0.29) is 11.8 Å². The van der Waals surface area contributed by atoms with Gasteiger partial charge in [-0.2, -0.15) is 5.26 Å². The molecule has 1 rings (SSSR count). The summed E-state index contributed by atoms with van der Waals surface area (Å²) in [5.74, 6) is -0.400. The van der Waals surface area contributed by atoms with Crippen molar-refractivity contribution in [3.63, 3.8) is 0 Å². The molecule has 1 aromatic rings. The van der Waals surface area contributed by atoms with Crippen molar-refractivity contribution in [2.24, 2.45) is 11.8 Å². The summed E-state index contributed by atoms with van der Waals surface area (Å²) in [5.41, 5.74) is 1.93. The van der Waals surface area contributed by atoms with E-state index in [2.05, 4.69) is 19.2 Å². The van der Waals surface area contributed by atoms with Crippen LogP contribution in [-0.4, -0.2) is 5.91 Å². The van der Waals surface area contributed by atoms with Crippen molar-refractivity contribution in [1.82, 2.24) is 0 Å². The first-order valence-electron chi connectivity index (χ1n) is 6.26. The maximum Gasteiger partial charge on any atom is 0.241 e. The van der Waals surface area contributed by atoms with Crippen LogP contribution in [0.25, 0.3) is 0 Å². The Labute approximate surface area is 109 Å². The predicted octanol–water partition coefficient (Wildman–Crippen LogP) is 3.54. The van der Waals surface area contributed by atoms with Crippen molar-refractivity contribution in [1.29, 1.82) is 5.26 Å². The molecule has 1 N–H and O–H groups in total. The summed E-state index contributed by atoms with van der Waals surface area (Å²) in [6.45, 7) is 7.95. The molecule has 0 radical (unpaired) electrons. The van der Waals surface area contributed by atoms with Gasteiger partial charge in [0, 0.05) is 5.69 Å². The normalized spacial score (nSPS) is 12.3. The molecule has 0 aromatic heterocycles. The highest BCUT2D eigenvalue weighted by Gasteiger charge is 2.21. The third-order valence-corrected chi connectivity index (χ3v) is 2.91. The number of carbonyl (C=O) groups is 1. The molecule has 0 heterocycles. The van der Waals surface area contributed by atoms with E-state index >= 15 is 0 Å². The van der Waals surface area contributed by atoms with Crippen molar-refractivity contribution >= 4 is 11.6 Å². The molecule has 0 bridgehead atoms. The van der Waals surface area contributed by atoms with Crippen LogP contribution < -0.4 is 5.32 Å². The highest BCUT2D eigenvalue weighted by Crippen LogP contribution is 2.20. The molecule has 0 fully saturated rings. The Balaban J connectivity index is 2.82. The average Bonchev–Trinajstić information content (AvgIpc) is 2.29. The number of nitriles is 1. The van der Waals surface area contributed by atoms with Crippen LogP contribution in [0, 0.1) is 23.2 Å². The number of rotatable bonds is 4. The van der Waals surface area contributed by atoms with E-state index in [0.29, 0.717) is 5.92 Å². The van der Waals surface area contributed by atoms with Crippen molar-refractivity contribution in [2.45, 2.75) is 33.6 Å². The standard InChI is InChI=1S/C15H20N2O/c1-10(2)12-6-5-7-13(8-12)17-15(18)14(9-16)11(3)4/h5-8,10-11,14H,1-4H3,(H,17,18). The summed E-state index contributed by atoms with van der Waals surface area (Å²) in [4.78, 5) is 11.9. The summed E-state index contributed by atoms with van der Waals surface area (Å²) < 4.78 is 0. The number of hydrogen-bond donors (Lipinski definition) is 1. The minimum Gasteiger partial charge on any atom is -0.325 e. The molecule has 0 aliphatic rings. The highest BCUT2D eigenvalue weighted by atomic mass is 16.1. The zero-order valence-corrected chi connectivity index (χ0v) is 11.4. The molecule has 0 saturated heterocycles. The van der Waals surface area contributed by atoms with Crippen LogP contribution in [0.4, 0.5) is 5.69 Å². The lowest BCUT2D eigenvalue weighted by molar-refractivity contribution is -0.119. The second-order valence-corrected chi connectivity index (χ2v) is 5.12. The van der Waals surface area contributed by atoms with E-state index in [1.807, 2.05) is 44.2 Å². The first-order chi connectivity index (χ1) is 8.45. The molecule has 96 valence electrons. The molecular weight excluding hydrogens is 224 g/mol. The van der Waals surface area contributed by atoms with Crippen LogP contribution in [0.3, 0.4) is 0 Å². The van der Waals surface area contributed by atoms with Gasteiger partial charge in [-0.15, -0.1) is 0 Å². The molecular formula is C15H20N2O. The van der Waals surface area contributed by atoms with Gasteiger partial charge in [-0.25, -0.2) is 0 Å². The van der Waals surface area contributed by atoms with E-state index in [0.717, 1.165) is 5.69 Å². The average molecular weight is 244 g/mol. The zero-order chi connectivity index (χ0) is 13.7. The summed E-state index contributed by atoms with van der Waals surface area (Å²) in [6, 6.07) is 9.80. The molecule has 0 aliphatic heterocycles. The first kappa shape index (κ1) is 14.2. The third-order valence-electron chi connectivity index (χ3n) is 2.91. The van der Waals surface area contributed by atoms with Crippen LogP contribution >= 0.6 is 0 Å². The number of hydrogen-bond acceptors (Lipinski definition) is 2. The van der Waals surface area contributed by atoms with Gasteiger partial charge in [0.25, 0.3) is 0 Å². The van der Waals surface area contributed by atoms with Crippen LogP contribution in [-0.2, 0) is 4.79 Å². The van der Waals surface area contributed by atoms with Crippen molar-refractivity contribution in [2.75, 3.05) is 5.32 Å². The number of carbonyl (C=O) groups excluding carboxylic acids is 1. The SMILES string of the molecule is CC(C)c1cccc(NC(=O)C(C#N)C(C)C)c1. The van der Waals surface area contributed by atoms with E-state index < -0.39 is 5.92 Å². The molecule has 1 atom stereocenters. The molecule has 0 aliphatic carbocycles. The Morgan fingerprint density at radius 2 is 1.94 bits per heavy atom. The fourth-order valence-corrected chi connectivity index (χ4v) is 1.71. The molecule has 0 saturated carbocycles. The van der Waals surface area contributed by atoms with Gasteiger partial charge in [0.15, 0.2) is 0 Å². The largest absolute Gasteiger partial charge is 0.325 e. The lowest BCUT2D eigenvalue weighted by atomic mass is 9.96. The van der Waals surface area contributed by atoms with E-state index in [4.69, 9.17) is 5.26 Å². The smallest absolute Gasteiger partial charge is 0.241 e. The van der Waals surface area contributed by atoms with Crippen molar-refractivity contribution < 1.29 is 4.79 Å². The lowest BCUT2D eigenvalue weighted by Crippen LogP contribution is -2.25. The Hall–Kier alpha value is -1.82.